The highest BCUT2D eigenvalue weighted by Gasteiger charge is 2.21. The number of benzene rings is 1. The van der Waals surface area contributed by atoms with Crippen LogP contribution in [-0.2, 0) is 4.74 Å². The number of methoxy groups -OCH3 is 1. The first-order valence-electron chi connectivity index (χ1n) is 6.30. The fourth-order valence-electron chi connectivity index (χ4n) is 2.15. The molecule has 102 valence electrons. The second-order valence-electron chi connectivity index (χ2n) is 4.63. The maximum atomic E-state index is 13.3. The van der Waals surface area contributed by atoms with Gasteiger partial charge in [0.2, 0.25) is 0 Å². The molecule has 0 aliphatic carbocycles. The molecular weight excluding hydrogens is 231 g/mol. The average molecular weight is 254 g/mol. The summed E-state index contributed by atoms with van der Waals surface area (Å²) in [6.45, 7) is 6.11. The molecule has 0 fully saturated rings. The zero-order valence-corrected chi connectivity index (χ0v) is 11.4. The first kappa shape index (κ1) is 15.1. The van der Waals surface area contributed by atoms with Gasteiger partial charge in [0.1, 0.15) is 5.82 Å². The molecule has 0 bridgehead atoms. The molecule has 3 nitrogen and oxygen atoms in total. The summed E-state index contributed by atoms with van der Waals surface area (Å²) in [5, 5.41) is 0. The molecule has 2 N–H and O–H groups in total. The van der Waals surface area contributed by atoms with Crippen LogP contribution >= 0.6 is 0 Å². The predicted octanol–water partition coefficient (Wildman–Crippen LogP) is 2.18. The van der Waals surface area contributed by atoms with Crippen LogP contribution in [0.2, 0.25) is 0 Å². The van der Waals surface area contributed by atoms with Crippen LogP contribution in [0.15, 0.2) is 24.3 Å². The van der Waals surface area contributed by atoms with Crippen LogP contribution < -0.4 is 5.73 Å². The molecule has 0 aromatic heterocycles. The van der Waals surface area contributed by atoms with Gasteiger partial charge in [0, 0.05) is 32.3 Å². The molecule has 1 unspecified atom stereocenters. The lowest BCUT2D eigenvalue weighted by molar-refractivity contribution is 0.0978. The van der Waals surface area contributed by atoms with E-state index in [-0.39, 0.29) is 11.9 Å². The fraction of sp³-hybridized carbons (Fsp3) is 0.571. The Balaban J connectivity index is 2.90. The van der Waals surface area contributed by atoms with Gasteiger partial charge in [-0.05, 0) is 31.5 Å². The first-order valence-corrected chi connectivity index (χ1v) is 6.30. The molecule has 0 radical (unpaired) electrons. The Morgan fingerprint density at radius 1 is 1.39 bits per heavy atom. The maximum absolute atomic E-state index is 13.3. The van der Waals surface area contributed by atoms with Crippen molar-refractivity contribution < 1.29 is 9.13 Å². The van der Waals surface area contributed by atoms with Crippen LogP contribution in [0.4, 0.5) is 4.39 Å². The lowest BCUT2D eigenvalue weighted by Gasteiger charge is -2.34. The highest BCUT2D eigenvalue weighted by atomic mass is 19.1. The smallest absolute Gasteiger partial charge is 0.123 e. The van der Waals surface area contributed by atoms with E-state index in [1.165, 1.54) is 6.07 Å². The van der Waals surface area contributed by atoms with E-state index in [4.69, 9.17) is 10.5 Å². The third-order valence-electron chi connectivity index (χ3n) is 3.07. The van der Waals surface area contributed by atoms with E-state index >= 15 is 0 Å². The van der Waals surface area contributed by atoms with E-state index in [1.807, 2.05) is 6.07 Å². The third-order valence-corrected chi connectivity index (χ3v) is 3.07. The van der Waals surface area contributed by atoms with Crippen molar-refractivity contribution >= 4 is 0 Å². The molecule has 4 heteroatoms. The maximum Gasteiger partial charge on any atom is 0.123 e. The molecule has 0 aliphatic rings. The number of rotatable bonds is 7. The summed E-state index contributed by atoms with van der Waals surface area (Å²) in [5.41, 5.74) is 6.78. The monoisotopic (exact) mass is 254 g/mol. The Morgan fingerprint density at radius 3 is 2.61 bits per heavy atom. The van der Waals surface area contributed by atoms with Crippen molar-refractivity contribution in [3.63, 3.8) is 0 Å². The molecule has 0 saturated heterocycles. The van der Waals surface area contributed by atoms with E-state index in [9.17, 15) is 4.39 Å². The van der Waals surface area contributed by atoms with Gasteiger partial charge in [0.05, 0.1) is 6.61 Å². The Labute approximate surface area is 109 Å². The van der Waals surface area contributed by atoms with Crippen LogP contribution in [0.25, 0.3) is 0 Å². The number of ether oxygens (including phenoxy) is 1. The minimum absolute atomic E-state index is 0.0239. The largest absolute Gasteiger partial charge is 0.383 e. The van der Waals surface area contributed by atoms with Crippen molar-refractivity contribution in [2.75, 3.05) is 26.8 Å². The Morgan fingerprint density at radius 2 is 2.11 bits per heavy atom. The van der Waals surface area contributed by atoms with Gasteiger partial charge in [0.25, 0.3) is 0 Å². The van der Waals surface area contributed by atoms with Crippen LogP contribution in [0.1, 0.15) is 25.5 Å². The molecular formula is C14H23FN2O. The van der Waals surface area contributed by atoms with E-state index in [2.05, 4.69) is 18.7 Å². The molecule has 0 aliphatic heterocycles. The number of halogens is 1. The normalized spacial score (nSPS) is 13.3. The Bertz CT molecular complexity index is 357. The Kier molecular flexibility index (Phi) is 6.25. The van der Waals surface area contributed by atoms with Gasteiger partial charge >= 0.3 is 0 Å². The minimum atomic E-state index is -0.221. The zero-order chi connectivity index (χ0) is 13.5. The highest BCUT2D eigenvalue weighted by molar-refractivity contribution is 5.20. The quantitative estimate of drug-likeness (QED) is 0.810. The third kappa shape index (κ3) is 4.05. The van der Waals surface area contributed by atoms with Gasteiger partial charge in [-0.25, -0.2) is 4.39 Å². The SMILES string of the molecule is COCCN(C(C)C)C(CN)c1cccc(F)c1. The Hall–Kier alpha value is -0.970. The van der Waals surface area contributed by atoms with Crippen molar-refractivity contribution in [1.82, 2.24) is 4.90 Å². The number of nitrogens with two attached hydrogens (primary N) is 1. The molecule has 0 amide bonds. The minimum Gasteiger partial charge on any atom is -0.383 e. The molecule has 1 aromatic rings. The molecule has 18 heavy (non-hydrogen) atoms. The summed E-state index contributed by atoms with van der Waals surface area (Å²) in [6.07, 6.45) is 0. The van der Waals surface area contributed by atoms with Gasteiger partial charge in [-0.3, -0.25) is 4.90 Å². The number of hydrogen-bond donors (Lipinski definition) is 1. The van der Waals surface area contributed by atoms with Crippen molar-refractivity contribution in [2.24, 2.45) is 5.73 Å². The van der Waals surface area contributed by atoms with Crippen molar-refractivity contribution in [3.8, 4) is 0 Å². The second kappa shape index (κ2) is 7.46. The zero-order valence-electron chi connectivity index (χ0n) is 11.4. The summed E-state index contributed by atoms with van der Waals surface area (Å²) < 4.78 is 18.4. The first-order chi connectivity index (χ1) is 8.60. The molecule has 0 spiro atoms. The van der Waals surface area contributed by atoms with E-state index in [0.29, 0.717) is 19.2 Å². The summed E-state index contributed by atoms with van der Waals surface area (Å²) in [5.74, 6) is -0.221. The highest BCUT2D eigenvalue weighted by Crippen LogP contribution is 2.22. The fourth-order valence-corrected chi connectivity index (χ4v) is 2.15. The summed E-state index contributed by atoms with van der Waals surface area (Å²) >= 11 is 0. The lowest BCUT2D eigenvalue weighted by Crippen LogP contribution is -2.40. The van der Waals surface area contributed by atoms with Crippen LogP contribution in [0, 0.1) is 5.82 Å². The van der Waals surface area contributed by atoms with E-state index in [1.54, 1.807) is 19.2 Å². The summed E-state index contributed by atoms with van der Waals surface area (Å²) in [4.78, 5) is 2.23. The molecule has 1 atom stereocenters. The van der Waals surface area contributed by atoms with E-state index in [0.717, 1.165) is 12.1 Å². The summed E-state index contributed by atoms with van der Waals surface area (Å²) in [7, 11) is 1.68. The van der Waals surface area contributed by atoms with Crippen LogP contribution in [0.5, 0.6) is 0 Å². The topological polar surface area (TPSA) is 38.5 Å². The van der Waals surface area contributed by atoms with Crippen LogP contribution in [-0.4, -0.2) is 37.7 Å². The van der Waals surface area contributed by atoms with Gasteiger partial charge in [-0.1, -0.05) is 12.1 Å². The van der Waals surface area contributed by atoms with Gasteiger partial charge in [0.15, 0.2) is 0 Å². The van der Waals surface area contributed by atoms with Crippen molar-refractivity contribution in [3.05, 3.63) is 35.6 Å². The predicted molar refractivity (Wildman–Crippen MR) is 71.9 cm³/mol. The molecule has 1 aromatic carbocycles. The standard InChI is InChI=1S/C14H23FN2O/c1-11(2)17(7-8-18-3)14(10-16)12-5-4-6-13(15)9-12/h4-6,9,11,14H,7-8,10,16H2,1-3H3. The van der Waals surface area contributed by atoms with Crippen molar-refractivity contribution in [1.29, 1.82) is 0 Å². The average Bonchev–Trinajstić information content (AvgIpc) is 2.34. The number of hydrogen-bond acceptors (Lipinski definition) is 3. The van der Waals surface area contributed by atoms with Crippen LogP contribution in [0.3, 0.4) is 0 Å². The number of nitrogens with zero attached hydrogens (tertiary/aromatic N) is 1. The van der Waals surface area contributed by atoms with Gasteiger partial charge in [-0.15, -0.1) is 0 Å². The van der Waals surface area contributed by atoms with Gasteiger partial charge < -0.3 is 10.5 Å². The molecule has 0 heterocycles. The molecule has 0 saturated carbocycles. The van der Waals surface area contributed by atoms with E-state index < -0.39 is 0 Å². The van der Waals surface area contributed by atoms with Gasteiger partial charge in [-0.2, -0.15) is 0 Å². The summed E-state index contributed by atoms with van der Waals surface area (Å²) in [6, 6.07) is 7.00. The second-order valence-corrected chi connectivity index (χ2v) is 4.63. The molecule has 1 rings (SSSR count). The lowest BCUT2D eigenvalue weighted by atomic mass is 10.0. The van der Waals surface area contributed by atoms with Crippen molar-refractivity contribution in [2.45, 2.75) is 25.9 Å².